The van der Waals surface area contributed by atoms with E-state index in [2.05, 4.69) is 32.7 Å². The second kappa shape index (κ2) is 10.7. The fraction of sp³-hybridized carbons (Fsp3) is 0.500. The Morgan fingerprint density at radius 3 is 2.60 bits per heavy atom. The number of hydrogen-bond acceptors (Lipinski definition) is 8. The van der Waals surface area contributed by atoms with E-state index < -0.39 is 40.9 Å². The molecule has 0 spiro atoms. The molecule has 228 valence electrons. The SMILES string of the molecule is CCC1(C)C2C[C@H](OC(=O)Oc3ccc(Cl)cc3)[C@@]3(C)Oc4cc(-c5cccnc5)oc(=O)c4[C@H](O)C3[C@@]2(C)CC[C@@H]1C. The van der Waals surface area contributed by atoms with Gasteiger partial charge in [-0.15, -0.1) is 0 Å². The molecule has 1 aromatic carbocycles. The summed E-state index contributed by atoms with van der Waals surface area (Å²) in [5.41, 5.74) is -1.65. The number of fused-ring (bicyclic) bond motifs is 4. The summed E-state index contributed by atoms with van der Waals surface area (Å²) in [7, 11) is 0. The molecule has 2 aliphatic carbocycles. The molecule has 1 N–H and O–H groups in total. The van der Waals surface area contributed by atoms with Gasteiger partial charge in [0.1, 0.15) is 34.5 Å². The third-order valence-corrected chi connectivity index (χ3v) is 11.4. The number of aliphatic hydroxyl groups is 1. The van der Waals surface area contributed by atoms with Crippen LogP contribution in [-0.2, 0) is 4.74 Å². The highest BCUT2D eigenvalue weighted by molar-refractivity contribution is 6.30. The van der Waals surface area contributed by atoms with Gasteiger partial charge in [0.2, 0.25) is 0 Å². The van der Waals surface area contributed by atoms with Gasteiger partial charge in [-0.1, -0.05) is 45.7 Å². The molecule has 0 saturated heterocycles. The van der Waals surface area contributed by atoms with Crippen molar-refractivity contribution in [3.05, 3.63) is 75.9 Å². The second-order valence-electron chi connectivity index (χ2n) is 13.1. The maximum atomic E-state index is 13.5. The Balaban J connectivity index is 1.45. The van der Waals surface area contributed by atoms with Crippen molar-refractivity contribution in [3.8, 4) is 22.8 Å². The number of hydrogen-bond donors (Lipinski definition) is 1. The number of halogens is 1. The van der Waals surface area contributed by atoms with Crippen molar-refractivity contribution in [2.24, 2.45) is 28.6 Å². The largest absolute Gasteiger partial charge is 0.514 e. The molecule has 43 heavy (non-hydrogen) atoms. The van der Waals surface area contributed by atoms with Crippen molar-refractivity contribution in [2.45, 2.75) is 78.1 Å². The average Bonchev–Trinajstić information content (AvgIpc) is 2.97. The van der Waals surface area contributed by atoms with Gasteiger partial charge in [0, 0.05) is 35.0 Å². The van der Waals surface area contributed by atoms with Crippen molar-refractivity contribution in [1.82, 2.24) is 4.98 Å². The number of carbonyl (C=O) groups excluding carboxylic acids is 1. The Morgan fingerprint density at radius 2 is 1.93 bits per heavy atom. The first-order valence-electron chi connectivity index (χ1n) is 15.0. The Kier molecular flexibility index (Phi) is 7.37. The first-order chi connectivity index (χ1) is 20.4. The zero-order valence-electron chi connectivity index (χ0n) is 25.1. The molecular formula is C34H38ClNO7. The topological polar surface area (TPSA) is 108 Å². The predicted octanol–water partition coefficient (Wildman–Crippen LogP) is 7.61. The summed E-state index contributed by atoms with van der Waals surface area (Å²) >= 11 is 6.00. The van der Waals surface area contributed by atoms with Crippen LogP contribution in [0.2, 0.25) is 5.02 Å². The predicted molar refractivity (Wildman–Crippen MR) is 161 cm³/mol. The quantitative estimate of drug-likeness (QED) is 0.238. The minimum atomic E-state index is -1.20. The first-order valence-corrected chi connectivity index (χ1v) is 15.4. The normalized spacial score (nSPS) is 34.6. The number of benzene rings is 1. The average molecular weight is 608 g/mol. The summed E-state index contributed by atoms with van der Waals surface area (Å²) in [5.74, 6) is 0.714. The van der Waals surface area contributed by atoms with E-state index >= 15 is 0 Å². The molecule has 8 nitrogen and oxygen atoms in total. The van der Waals surface area contributed by atoms with Crippen LogP contribution in [0.1, 0.15) is 72.0 Å². The number of pyridine rings is 1. The second-order valence-corrected chi connectivity index (χ2v) is 13.6. The van der Waals surface area contributed by atoms with Crippen molar-refractivity contribution in [1.29, 1.82) is 0 Å². The van der Waals surface area contributed by atoms with Gasteiger partial charge in [-0.3, -0.25) is 4.98 Å². The summed E-state index contributed by atoms with van der Waals surface area (Å²) in [6.07, 6.45) is 3.63. The smallest absolute Gasteiger partial charge is 0.482 e. The van der Waals surface area contributed by atoms with Crippen LogP contribution in [0, 0.1) is 28.6 Å². The van der Waals surface area contributed by atoms with Crippen LogP contribution in [0.3, 0.4) is 0 Å². The summed E-state index contributed by atoms with van der Waals surface area (Å²) in [5, 5.41) is 12.7. The van der Waals surface area contributed by atoms with E-state index in [1.165, 1.54) is 0 Å². The number of rotatable bonds is 4. The molecule has 3 unspecified atom stereocenters. The highest BCUT2D eigenvalue weighted by Crippen LogP contribution is 2.68. The number of aliphatic hydroxyl groups excluding tert-OH is 1. The van der Waals surface area contributed by atoms with Gasteiger partial charge >= 0.3 is 11.8 Å². The fourth-order valence-electron chi connectivity index (χ4n) is 8.53. The Bertz CT molecular complexity index is 1580. The number of aromatic nitrogens is 1. The first kappa shape index (κ1) is 29.7. The van der Waals surface area contributed by atoms with Crippen molar-refractivity contribution >= 4 is 17.8 Å². The minimum Gasteiger partial charge on any atom is -0.482 e. The van der Waals surface area contributed by atoms with Crippen LogP contribution in [-0.4, -0.2) is 28.0 Å². The highest BCUT2D eigenvalue weighted by atomic mass is 35.5. The summed E-state index contributed by atoms with van der Waals surface area (Å²) in [6.45, 7) is 10.8. The van der Waals surface area contributed by atoms with Gasteiger partial charge in [-0.25, -0.2) is 9.59 Å². The lowest BCUT2D eigenvalue weighted by atomic mass is 9.41. The van der Waals surface area contributed by atoms with Crippen LogP contribution < -0.4 is 15.1 Å². The van der Waals surface area contributed by atoms with Crippen LogP contribution in [0.25, 0.3) is 11.3 Å². The van der Waals surface area contributed by atoms with Crippen molar-refractivity contribution in [2.75, 3.05) is 0 Å². The lowest BCUT2D eigenvalue weighted by molar-refractivity contribution is -0.254. The van der Waals surface area contributed by atoms with Crippen LogP contribution in [0.15, 0.2) is 64.1 Å². The number of ether oxygens (including phenoxy) is 3. The van der Waals surface area contributed by atoms with Crippen LogP contribution in [0.5, 0.6) is 11.5 Å². The molecule has 3 heterocycles. The molecule has 9 heteroatoms. The van der Waals surface area contributed by atoms with E-state index in [9.17, 15) is 14.7 Å². The summed E-state index contributed by atoms with van der Waals surface area (Å²) in [4.78, 5) is 30.9. The van der Waals surface area contributed by atoms with E-state index in [0.29, 0.717) is 28.7 Å². The minimum absolute atomic E-state index is 0.0710. The molecule has 0 bridgehead atoms. The lowest BCUT2D eigenvalue weighted by Gasteiger charge is -2.67. The van der Waals surface area contributed by atoms with E-state index in [-0.39, 0.29) is 28.4 Å². The fourth-order valence-corrected chi connectivity index (χ4v) is 8.66. The third-order valence-electron chi connectivity index (χ3n) is 11.1. The summed E-state index contributed by atoms with van der Waals surface area (Å²) < 4.78 is 24.1. The molecule has 6 rings (SSSR count). The van der Waals surface area contributed by atoms with E-state index in [1.807, 2.05) is 6.92 Å². The van der Waals surface area contributed by atoms with Gasteiger partial charge in [0.05, 0.1) is 6.10 Å². The molecule has 3 aromatic rings. The molecule has 8 atom stereocenters. The standard InChI is InChI=1S/C34H38ClNO7/c1-6-32(3)19(2)13-14-33(4)25(32)17-26(42-31(39)40-22-11-9-21(35)10-12-22)34(5)29(33)28(37)27-24(43-34)16-23(41-30(27)38)20-8-7-15-36-18-20/h7-12,15-16,18-19,25-26,28-29,37H,6,13-14,17H2,1-5H3/t19-,25?,26-,28-,29?,32?,33-,34+/m0/s1. The molecule has 1 aliphatic heterocycles. The zero-order chi connectivity index (χ0) is 30.7. The molecule has 2 fully saturated rings. The van der Waals surface area contributed by atoms with Crippen LogP contribution >= 0.6 is 11.6 Å². The van der Waals surface area contributed by atoms with Gasteiger partial charge in [0.15, 0.2) is 0 Å². The maximum Gasteiger partial charge on any atom is 0.514 e. The van der Waals surface area contributed by atoms with Crippen molar-refractivity contribution in [3.63, 3.8) is 0 Å². The van der Waals surface area contributed by atoms with Gasteiger partial charge in [-0.05, 0) is 85.3 Å². The van der Waals surface area contributed by atoms with E-state index in [1.54, 1.807) is 54.9 Å². The monoisotopic (exact) mass is 607 g/mol. The van der Waals surface area contributed by atoms with Gasteiger partial charge in [-0.2, -0.15) is 0 Å². The van der Waals surface area contributed by atoms with Crippen molar-refractivity contribution < 1.29 is 28.5 Å². The molecular weight excluding hydrogens is 570 g/mol. The summed E-state index contributed by atoms with van der Waals surface area (Å²) in [6, 6.07) is 11.6. The zero-order valence-corrected chi connectivity index (χ0v) is 25.9. The van der Waals surface area contributed by atoms with E-state index in [4.69, 9.17) is 30.2 Å². The Hall–Kier alpha value is -3.36. The molecule has 2 aromatic heterocycles. The Labute approximate surface area is 256 Å². The van der Waals surface area contributed by atoms with Crippen LogP contribution in [0.4, 0.5) is 4.79 Å². The van der Waals surface area contributed by atoms with Gasteiger partial charge in [0.25, 0.3) is 0 Å². The number of carbonyl (C=O) groups is 1. The maximum absolute atomic E-state index is 13.5. The number of nitrogens with zero attached hydrogens (tertiary/aromatic N) is 1. The third kappa shape index (κ3) is 4.74. The molecule has 0 amide bonds. The molecule has 3 aliphatic rings. The Morgan fingerprint density at radius 1 is 1.19 bits per heavy atom. The molecule has 2 saturated carbocycles. The van der Waals surface area contributed by atoms with Gasteiger partial charge < -0.3 is 23.7 Å². The lowest BCUT2D eigenvalue weighted by Crippen LogP contribution is -2.70. The molecule has 0 radical (unpaired) electrons. The van der Waals surface area contributed by atoms with E-state index in [0.717, 1.165) is 19.3 Å². The highest BCUT2D eigenvalue weighted by Gasteiger charge is 2.69.